The maximum atomic E-state index is 13.8. The van der Waals surface area contributed by atoms with E-state index in [4.69, 9.17) is 0 Å². The zero-order chi connectivity index (χ0) is 16.8. The molecule has 0 aliphatic carbocycles. The van der Waals surface area contributed by atoms with Gasteiger partial charge < -0.3 is 4.98 Å². The maximum Gasteiger partial charge on any atom is 0.459 e. The highest BCUT2D eigenvalue weighted by Gasteiger charge is 2.61. The molecular formula is C13H7F5N4O. The molecule has 0 saturated heterocycles. The standard InChI is InChI=1S/C13H7F5N4O/c14-12(15,13(16,17)18)9-7(6-1-3-19-4-2-6)5-8-10(21-9)22-11(23)20-8/h1-5H,(H2,20,21,22,23). The van der Waals surface area contributed by atoms with Crippen LogP contribution >= 0.6 is 0 Å². The Kier molecular flexibility index (Phi) is 3.20. The maximum absolute atomic E-state index is 13.8. The predicted octanol–water partition coefficient (Wildman–Crippen LogP) is 2.97. The number of hydrogen-bond donors (Lipinski definition) is 2. The minimum absolute atomic E-state index is 0.0172. The van der Waals surface area contributed by atoms with Crippen molar-refractivity contribution in [3.63, 3.8) is 0 Å². The van der Waals surface area contributed by atoms with Gasteiger partial charge in [-0.3, -0.25) is 9.97 Å². The van der Waals surface area contributed by atoms with Gasteiger partial charge in [-0.1, -0.05) is 0 Å². The van der Waals surface area contributed by atoms with E-state index < -0.39 is 29.0 Å². The number of fused-ring (bicyclic) bond motifs is 1. The molecule has 0 bridgehead atoms. The van der Waals surface area contributed by atoms with Gasteiger partial charge in [0, 0.05) is 18.0 Å². The average molecular weight is 330 g/mol. The summed E-state index contributed by atoms with van der Waals surface area (Å²) in [6.07, 6.45) is -3.34. The number of H-pyrrole nitrogens is 2. The quantitative estimate of drug-likeness (QED) is 0.710. The fourth-order valence-electron chi connectivity index (χ4n) is 2.09. The van der Waals surface area contributed by atoms with Gasteiger partial charge in [0.15, 0.2) is 5.65 Å². The molecule has 3 rings (SSSR count). The van der Waals surface area contributed by atoms with E-state index in [1.54, 1.807) is 0 Å². The van der Waals surface area contributed by atoms with Gasteiger partial charge in [-0.2, -0.15) is 22.0 Å². The summed E-state index contributed by atoms with van der Waals surface area (Å²) in [6.45, 7) is 0. The average Bonchev–Trinajstić information content (AvgIpc) is 2.84. The highest BCUT2D eigenvalue weighted by atomic mass is 19.4. The third-order valence-electron chi connectivity index (χ3n) is 3.15. The molecule has 0 atom stereocenters. The molecule has 0 aromatic carbocycles. The van der Waals surface area contributed by atoms with Crippen LogP contribution in [0, 0.1) is 0 Å². The summed E-state index contributed by atoms with van der Waals surface area (Å²) in [7, 11) is 0. The largest absolute Gasteiger partial charge is 0.459 e. The Balaban J connectivity index is 2.36. The van der Waals surface area contributed by atoms with Crippen molar-refractivity contribution in [3.8, 4) is 11.1 Å². The Hall–Kier alpha value is -2.78. The lowest BCUT2D eigenvalue weighted by atomic mass is 10.0. The fourth-order valence-corrected chi connectivity index (χ4v) is 2.09. The Bertz CT molecular complexity index is 913. The minimum atomic E-state index is -5.83. The molecule has 3 heterocycles. The van der Waals surface area contributed by atoms with Gasteiger partial charge in [0.1, 0.15) is 5.69 Å². The number of nitrogens with zero attached hydrogens (tertiary/aromatic N) is 2. The van der Waals surface area contributed by atoms with Gasteiger partial charge in [0.05, 0.1) is 5.52 Å². The molecule has 0 aliphatic rings. The molecule has 0 fully saturated rings. The van der Waals surface area contributed by atoms with Crippen molar-refractivity contribution in [2.45, 2.75) is 12.1 Å². The van der Waals surface area contributed by atoms with Crippen LogP contribution in [0.5, 0.6) is 0 Å². The van der Waals surface area contributed by atoms with E-state index in [1.165, 1.54) is 24.5 Å². The molecule has 10 heteroatoms. The Labute approximate surface area is 124 Å². The first-order valence-corrected chi connectivity index (χ1v) is 6.18. The first-order valence-electron chi connectivity index (χ1n) is 6.18. The van der Waals surface area contributed by atoms with Crippen LogP contribution in [0.3, 0.4) is 0 Å². The summed E-state index contributed by atoms with van der Waals surface area (Å²) < 4.78 is 65.9. The fraction of sp³-hybridized carbons (Fsp3) is 0.154. The van der Waals surface area contributed by atoms with Crippen LogP contribution in [-0.4, -0.2) is 26.1 Å². The number of imidazole rings is 1. The topological polar surface area (TPSA) is 74.4 Å². The summed E-state index contributed by atoms with van der Waals surface area (Å²) in [5.74, 6) is -5.19. The third kappa shape index (κ3) is 2.45. The molecule has 0 radical (unpaired) electrons. The van der Waals surface area contributed by atoms with E-state index in [0.29, 0.717) is 0 Å². The number of rotatable bonds is 2. The number of halogens is 5. The van der Waals surface area contributed by atoms with Crippen LogP contribution in [0.2, 0.25) is 0 Å². The molecule has 5 nitrogen and oxygen atoms in total. The normalized spacial score (nSPS) is 12.7. The molecule has 0 aliphatic heterocycles. The minimum Gasteiger partial charge on any atom is -0.304 e. The van der Waals surface area contributed by atoms with Crippen molar-refractivity contribution >= 4 is 11.2 Å². The molecular weight excluding hydrogens is 323 g/mol. The predicted molar refractivity (Wildman–Crippen MR) is 69.9 cm³/mol. The van der Waals surface area contributed by atoms with Gasteiger partial charge in [-0.15, -0.1) is 0 Å². The van der Waals surface area contributed by atoms with Crippen LogP contribution in [0.1, 0.15) is 5.69 Å². The van der Waals surface area contributed by atoms with Crippen molar-refractivity contribution in [1.82, 2.24) is 19.9 Å². The Morgan fingerprint density at radius 3 is 2.26 bits per heavy atom. The molecule has 3 aromatic rings. The number of hydrogen-bond acceptors (Lipinski definition) is 3. The highest BCUT2D eigenvalue weighted by Crippen LogP contribution is 2.46. The summed E-state index contributed by atoms with van der Waals surface area (Å²) >= 11 is 0. The van der Waals surface area contributed by atoms with Crippen LogP contribution in [-0.2, 0) is 5.92 Å². The van der Waals surface area contributed by atoms with E-state index in [2.05, 4.69) is 19.9 Å². The number of pyridine rings is 2. The van der Waals surface area contributed by atoms with E-state index in [9.17, 15) is 26.7 Å². The van der Waals surface area contributed by atoms with Gasteiger partial charge in [0.25, 0.3) is 0 Å². The smallest absolute Gasteiger partial charge is 0.304 e. The molecule has 3 aromatic heterocycles. The summed E-state index contributed by atoms with van der Waals surface area (Å²) in [5, 5.41) is 0. The van der Waals surface area contributed by atoms with Gasteiger partial charge in [-0.05, 0) is 23.8 Å². The third-order valence-corrected chi connectivity index (χ3v) is 3.15. The number of nitrogens with one attached hydrogen (secondary N) is 2. The molecule has 23 heavy (non-hydrogen) atoms. The first-order chi connectivity index (χ1) is 10.7. The van der Waals surface area contributed by atoms with Gasteiger partial charge in [-0.25, -0.2) is 9.78 Å². The van der Waals surface area contributed by atoms with Crippen molar-refractivity contribution in [3.05, 3.63) is 46.8 Å². The lowest BCUT2D eigenvalue weighted by Gasteiger charge is -2.21. The van der Waals surface area contributed by atoms with E-state index in [0.717, 1.165) is 6.07 Å². The molecule has 2 N–H and O–H groups in total. The SMILES string of the molecule is O=c1[nH]c2cc(-c3ccncc3)c(C(F)(F)C(F)(F)F)nc2[nH]1. The molecule has 0 unspecified atom stereocenters. The van der Waals surface area contributed by atoms with Crippen molar-refractivity contribution in [2.24, 2.45) is 0 Å². The first kappa shape index (κ1) is 15.1. The van der Waals surface area contributed by atoms with Crippen LogP contribution < -0.4 is 5.69 Å². The second-order valence-electron chi connectivity index (χ2n) is 4.67. The van der Waals surface area contributed by atoms with E-state index in [-0.39, 0.29) is 16.7 Å². The zero-order valence-electron chi connectivity index (χ0n) is 11.1. The molecule has 0 amide bonds. The lowest BCUT2D eigenvalue weighted by Crippen LogP contribution is -2.35. The van der Waals surface area contributed by atoms with E-state index in [1.807, 2.05) is 0 Å². The van der Waals surface area contributed by atoms with Crippen molar-refractivity contribution in [2.75, 3.05) is 0 Å². The number of aromatic nitrogens is 4. The van der Waals surface area contributed by atoms with Crippen molar-refractivity contribution in [1.29, 1.82) is 0 Å². The molecule has 120 valence electrons. The summed E-state index contributed by atoms with van der Waals surface area (Å²) in [6, 6.07) is 3.55. The van der Waals surface area contributed by atoms with Crippen LogP contribution in [0.4, 0.5) is 22.0 Å². The second kappa shape index (κ2) is 4.86. The number of aromatic amines is 2. The lowest BCUT2D eigenvalue weighted by molar-refractivity contribution is -0.290. The highest BCUT2D eigenvalue weighted by molar-refractivity contribution is 5.80. The molecule has 0 spiro atoms. The van der Waals surface area contributed by atoms with Crippen molar-refractivity contribution < 1.29 is 22.0 Å². The Morgan fingerprint density at radius 2 is 1.65 bits per heavy atom. The van der Waals surface area contributed by atoms with Gasteiger partial charge >= 0.3 is 17.8 Å². The summed E-state index contributed by atoms with van der Waals surface area (Å²) in [4.78, 5) is 22.6. The van der Waals surface area contributed by atoms with Gasteiger partial charge in [0.2, 0.25) is 0 Å². The van der Waals surface area contributed by atoms with Crippen LogP contribution in [0.15, 0.2) is 35.4 Å². The molecule has 0 saturated carbocycles. The summed E-state index contributed by atoms with van der Waals surface area (Å²) in [5.41, 5.74) is -3.00. The number of alkyl halides is 5. The van der Waals surface area contributed by atoms with E-state index >= 15 is 0 Å². The monoisotopic (exact) mass is 330 g/mol. The zero-order valence-corrected chi connectivity index (χ0v) is 11.1. The van der Waals surface area contributed by atoms with Crippen LogP contribution in [0.25, 0.3) is 22.3 Å². The second-order valence-corrected chi connectivity index (χ2v) is 4.67. The Morgan fingerprint density at radius 1 is 1.00 bits per heavy atom.